The molecule has 2 atom stereocenters. The van der Waals surface area contributed by atoms with Gasteiger partial charge >= 0.3 is 0 Å². The van der Waals surface area contributed by atoms with Crippen molar-refractivity contribution in [2.75, 3.05) is 57.9 Å². The number of carbonyl (C=O) groups is 2. The predicted octanol–water partition coefficient (Wildman–Crippen LogP) is 0.654. The Labute approximate surface area is 172 Å². The number of rotatable bonds is 7. The van der Waals surface area contributed by atoms with Crippen molar-refractivity contribution in [3.63, 3.8) is 0 Å². The smallest absolute Gasteiger partial charge is 0.248 e. The number of hydrogen-bond donors (Lipinski definition) is 1. The number of nitrogens with one attached hydrogen (secondary N) is 1. The highest BCUT2D eigenvalue weighted by Gasteiger charge is 2.35. The van der Waals surface area contributed by atoms with Crippen LogP contribution in [0.3, 0.4) is 0 Å². The van der Waals surface area contributed by atoms with E-state index in [-0.39, 0.29) is 36.9 Å². The molecule has 2 aliphatic heterocycles. The van der Waals surface area contributed by atoms with Crippen molar-refractivity contribution in [1.29, 1.82) is 0 Å². The normalized spacial score (nSPS) is 22.4. The lowest BCUT2D eigenvalue weighted by atomic mass is 10.1. The van der Waals surface area contributed by atoms with Gasteiger partial charge in [-0.3, -0.25) is 19.2 Å². The first kappa shape index (κ1) is 21.7. The van der Waals surface area contributed by atoms with E-state index in [2.05, 4.69) is 15.3 Å². The number of hydrogen-bond acceptors (Lipinski definition) is 6. The summed E-state index contributed by atoms with van der Waals surface area (Å²) in [6.45, 7) is 12.5. The fraction of sp³-hybridized carbons (Fsp3) is 0.750. The summed E-state index contributed by atoms with van der Waals surface area (Å²) in [4.78, 5) is 29.3. The van der Waals surface area contributed by atoms with E-state index >= 15 is 0 Å². The van der Waals surface area contributed by atoms with Gasteiger partial charge in [-0.15, -0.1) is 0 Å². The van der Waals surface area contributed by atoms with E-state index in [4.69, 9.17) is 9.47 Å². The van der Waals surface area contributed by atoms with Crippen molar-refractivity contribution in [3.05, 3.63) is 11.4 Å². The lowest BCUT2D eigenvalue weighted by Crippen LogP contribution is -2.48. The number of aromatic nitrogens is 2. The molecule has 1 aromatic rings. The maximum Gasteiger partial charge on any atom is 0.248 e. The maximum atomic E-state index is 12.8. The molecule has 2 saturated heterocycles. The summed E-state index contributed by atoms with van der Waals surface area (Å²) in [5.41, 5.74) is 2.58. The molecule has 1 N–H and O–H groups in total. The molecule has 2 bridgehead atoms. The molecule has 2 amide bonds. The topological polar surface area (TPSA) is 88.9 Å². The third kappa shape index (κ3) is 5.15. The van der Waals surface area contributed by atoms with E-state index in [0.717, 1.165) is 30.2 Å². The van der Waals surface area contributed by atoms with Crippen LogP contribution < -0.4 is 5.32 Å². The van der Waals surface area contributed by atoms with E-state index < -0.39 is 0 Å². The summed E-state index contributed by atoms with van der Waals surface area (Å²) in [6, 6.07) is -0.000569. The average molecular weight is 408 g/mol. The molecule has 9 nitrogen and oxygen atoms in total. The van der Waals surface area contributed by atoms with E-state index in [9.17, 15) is 9.59 Å². The zero-order valence-corrected chi connectivity index (χ0v) is 17.9. The van der Waals surface area contributed by atoms with Crippen molar-refractivity contribution in [2.24, 2.45) is 5.92 Å². The van der Waals surface area contributed by atoms with Crippen LogP contribution in [0, 0.1) is 19.8 Å². The SMILES string of the molecule is CCOCC(=O)N1C[C@@H]2COC[C@H](C1)N(CC(=O)Nc1c(C)nn(CC)c1C)C2. The number of ether oxygens (including phenoxy) is 2. The standard InChI is InChI=1S/C20H33N5O4/c1-5-25-15(4)20(14(3)22-25)21-18(26)10-23-7-16-8-24(19(27)13-28-6-2)9-17(23)12-29-11-16/h16-17H,5-13H2,1-4H3,(H,21,26)/t16-,17+/m1/s1. The second kappa shape index (κ2) is 9.69. The van der Waals surface area contributed by atoms with Gasteiger partial charge in [0, 0.05) is 38.7 Å². The molecule has 0 aromatic carbocycles. The Kier molecular flexibility index (Phi) is 7.26. The fourth-order valence-electron chi connectivity index (χ4n) is 4.16. The van der Waals surface area contributed by atoms with Gasteiger partial charge in [0.25, 0.3) is 0 Å². The van der Waals surface area contributed by atoms with Crippen LogP contribution in [0.5, 0.6) is 0 Å². The summed E-state index contributed by atoms with van der Waals surface area (Å²) in [7, 11) is 0. The Morgan fingerprint density at radius 2 is 2.00 bits per heavy atom. The van der Waals surface area contributed by atoms with E-state index in [1.54, 1.807) is 0 Å². The first-order valence-electron chi connectivity index (χ1n) is 10.4. The highest BCUT2D eigenvalue weighted by atomic mass is 16.5. The highest BCUT2D eigenvalue weighted by molar-refractivity contribution is 5.93. The van der Waals surface area contributed by atoms with E-state index in [1.165, 1.54) is 0 Å². The molecule has 0 aliphatic carbocycles. The zero-order chi connectivity index (χ0) is 21.0. The Hall–Kier alpha value is -1.97. The van der Waals surface area contributed by atoms with Crippen LogP contribution in [0.2, 0.25) is 0 Å². The van der Waals surface area contributed by atoms with Crippen molar-refractivity contribution >= 4 is 17.5 Å². The van der Waals surface area contributed by atoms with Crippen LogP contribution in [0.4, 0.5) is 5.69 Å². The molecule has 0 unspecified atom stereocenters. The molecule has 2 aliphatic rings. The molecule has 9 heteroatoms. The van der Waals surface area contributed by atoms with Gasteiger partial charge < -0.3 is 19.7 Å². The number of nitrogens with zero attached hydrogens (tertiary/aromatic N) is 4. The molecule has 0 saturated carbocycles. The highest BCUT2D eigenvalue weighted by Crippen LogP contribution is 2.22. The molecule has 29 heavy (non-hydrogen) atoms. The van der Waals surface area contributed by atoms with Crippen LogP contribution in [-0.2, 0) is 25.6 Å². The number of amides is 2. The van der Waals surface area contributed by atoms with Gasteiger partial charge in [-0.05, 0) is 27.7 Å². The molecule has 3 heterocycles. The Balaban J connectivity index is 1.65. The maximum absolute atomic E-state index is 12.8. The van der Waals surface area contributed by atoms with Crippen LogP contribution in [-0.4, -0.2) is 90.0 Å². The number of aryl methyl sites for hydroxylation is 2. The molecule has 0 spiro atoms. The second-order valence-electron chi connectivity index (χ2n) is 7.83. The first-order chi connectivity index (χ1) is 13.9. The summed E-state index contributed by atoms with van der Waals surface area (Å²) in [6.07, 6.45) is 0. The van der Waals surface area contributed by atoms with Gasteiger partial charge in [-0.25, -0.2) is 0 Å². The molecular formula is C20H33N5O4. The summed E-state index contributed by atoms with van der Waals surface area (Å²) in [5.74, 6) is 0.132. The first-order valence-corrected chi connectivity index (χ1v) is 10.4. The van der Waals surface area contributed by atoms with Crippen LogP contribution in [0.1, 0.15) is 25.2 Å². The second-order valence-corrected chi connectivity index (χ2v) is 7.83. The average Bonchev–Trinajstić information content (AvgIpc) is 2.83. The molecule has 1 aromatic heterocycles. The zero-order valence-electron chi connectivity index (χ0n) is 17.9. The Bertz CT molecular complexity index is 735. The van der Waals surface area contributed by atoms with Crippen LogP contribution in [0.25, 0.3) is 0 Å². The third-order valence-electron chi connectivity index (χ3n) is 5.66. The fourth-order valence-corrected chi connectivity index (χ4v) is 4.16. The number of anilines is 1. The molecule has 2 fully saturated rings. The van der Waals surface area contributed by atoms with E-state index in [1.807, 2.05) is 37.3 Å². The van der Waals surface area contributed by atoms with Gasteiger partial charge in [0.15, 0.2) is 0 Å². The van der Waals surface area contributed by atoms with Gasteiger partial charge in [-0.1, -0.05) is 0 Å². The Morgan fingerprint density at radius 3 is 2.69 bits per heavy atom. The van der Waals surface area contributed by atoms with Crippen molar-refractivity contribution < 1.29 is 19.1 Å². The summed E-state index contributed by atoms with van der Waals surface area (Å²) >= 11 is 0. The summed E-state index contributed by atoms with van der Waals surface area (Å²) < 4.78 is 13.0. The largest absolute Gasteiger partial charge is 0.379 e. The number of carbonyl (C=O) groups excluding carboxylic acids is 2. The van der Waals surface area contributed by atoms with E-state index in [0.29, 0.717) is 32.9 Å². The molecule has 3 rings (SSSR count). The quantitative estimate of drug-likeness (QED) is 0.714. The molecular weight excluding hydrogens is 374 g/mol. The monoisotopic (exact) mass is 407 g/mol. The van der Waals surface area contributed by atoms with Gasteiger partial charge in [0.2, 0.25) is 11.8 Å². The van der Waals surface area contributed by atoms with Crippen molar-refractivity contribution in [2.45, 2.75) is 40.3 Å². The van der Waals surface area contributed by atoms with Crippen LogP contribution >= 0.6 is 0 Å². The van der Waals surface area contributed by atoms with Gasteiger partial charge in [0.1, 0.15) is 6.61 Å². The van der Waals surface area contributed by atoms with Crippen LogP contribution in [0.15, 0.2) is 0 Å². The lowest BCUT2D eigenvalue weighted by Gasteiger charge is -2.31. The van der Waals surface area contributed by atoms with Crippen molar-refractivity contribution in [3.8, 4) is 0 Å². The molecule has 0 radical (unpaired) electrons. The minimum absolute atomic E-state index is 0.000569. The predicted molar refractivity (Wildman–Crippen MR) is 109 cm³/mol. The number of fused-ring (bicyclic) bond motifs is 3. The van der Waals surface area contributed by atoms with Gasteiger partial charge in [0.05, 0.1) is 42.9 Å². The van der Waals surface area contributed by atoms with Gasteiger partial charge in [-0.2, -0.15) is 5.10 Å². The Morgan fingerprint density at radius 1 is 1.21 bits per heavy atom. The minimum atomic E-state index is -0.0633. The minimum Gasteiger partial charge on any atom is -0.379 e. The van der Waals surface area contributed by atoms with Crippen molar-refractivity contribution in [1.82, 2.24) is 19.6 Å². The lowest BCUT2D eigenvalue weighted by molar-refractivity contribution is -0.137. The molecule has 162 valence electrons. The third-order valence-corrected chi connectivity index (χ3v) is 5.66. The summed E-state index contributed by atoms with van der Waals surface area (Å²) in [5, 5.41) is 7.50.